The van der Waals surface area contributed by atoms with E-state index < -0.39 is 0 Å². The Morgan fingerprint density at radius 2 is 1.80 bits per heavy atom. The van der Waals surface area contributed by atoms with Crippen LogP contribution >= 0.6 is 0 Å². The van der Waals surface area contributed by atoms with Gasteiger partial charge in [-0.1, -0.05) is 29.8 Å². The first-order valence-corrected chi connectivity index (χ1v) is 8.57. The SMILES string of the molecule is Cc1ccc(-c2nc(CN3C(=O)[C@@H]4CC=CC[C@H]4C3=O)co2)c(C)c1. The molecule has 5 nitrogen and oxygen atoms in total. The number of rotatable bonds is 3. The Kier molecular flexibility index (Phi) is 3.79. The van der Waals surface area contributed by atoms with Crippen LogP contribution < -0.4 is 0 Å². The molecule has 1 aromatic heterocycles. The van der Waals surface area contributed by atoms with Gasteiger partial charge in [-0.15, -0.1) is 0 Å². The number of aryl methyl sites for hydroxylation is 2. The molecule has 4 rings (SSSR count). The van der Waals surface area contributed by atoms with Crippen LogP contribution in [0.3, 0.4) is 0 Å². The number of hydrogen-bond donors (Lipinski definition) is 0. The highest BCUT2D eigenvalue weighted by molar-refractivity contribution is 6.05. The average Bonchev–Trinajstić information content (AvgIpc) is 3.15. The molecule has 25 heavy (non-hydrogen) atoms. The summed E-state index contributed by atoms with van der Waals surface area (Å²) >= 11 is 0. The van der Waals surface area contributed by atoms with Gasteiger partial charge in [0.15, 0.2) is 0 Å². The summed E-state index contributed by atoms with van der Waals surface area (Å²) in [7, 11) is 0. The quantitative estimate of drug-likeness (QED) is 0.636. The van der Waals surface area contributed by atoms with Crippen molar-refractivity contribution in [3.05, 3.63) is 53.4 Å². The van der Waals surface area contributed by atoms with Gasteiger partial charge in [0.2, 0.25) is 17.7 Å². The van der Waals surface area contributed by atoms with Crippen molar-refractivity contribution in [2.75, 3.05) is 0 Å². The minimum atomic E-state index is -0.205. The molecule has 2 aromatic rings. The molecule has 0 radical (unpaired) electrons. The molecule has 0 spiro atoms. The van der Waals surface area contributed by atoms with Crippen LogP contribution in [0.15, 0.2) is 41.0 Å². The van der Waals surface area contributed by atoms with Crippen LogP contribution in [-0.4, -0.2) is 21.7 Å². The van der Waals surface area contributed by atoms with Crippen LogP contribution in [0.4, 0.5) is 0 Å². The number of carbonyl (C=O) groups excluding carboxylic acids is 2. The normalized spacial score (nSPS) is 22.6. The lowest BCUT2D eigenvalue weighted by atomic mass is 9.85. The van der Waals surface area contributed by atoms with E-state index in [-0.39, 0.29) is 30.2 Å². The summed E-state index contributed by atoms with van der Waals surface area (Å²) in [6, 6.07) is 6.06. The molecule has 1 fully saturated rings. The molecule has 2 aliphatic rings. The Labute approximate surface area is 146 Å². The maximum Gasteiger partial charge on any atom is 0.233 e. The van der Waals surface area contributed by atoms with E-state index in [0.29, 0.717) is 24.4 Å². The number of nitrogens with zero attached hydrogens (tertiary/aromatic N) is 2. The Hall–Kier alpha value is -2.69. The molecule has 1 aliphatic carbocycles. The number of allylic oxidation sites excluding steroid dienone is 2. The average molecular weight is 336 g/mol. The number of imide groups is 1. The number of carbonyl (C=O) groups is 2. The maximum absolute atomic E-state index is 12.5. The fourth-order valence-electron chi connectivity index (χ4n) is 3.74. The third-order valence-electron chi connectivity index (χ3n) is 5.08. The van der Waals surface area contributed by atoms with Gasteiger partial charge >= 0.3 is 0 Å². The van der Waals surface area contributed by atoms with Crippen molar-refractivity contribution in [3.8, 4) is 11.5 Å². The standard InChI is InChI=1S/C20H20N2O3/c1-12-7-8-15(13(2)9-12)18-21-14(11-25-18)10-22-19(23)16-5-3-4-6-17(16)20(22)24/h3-4,7-9,11,16-17H,5-6,10H2,1-2H3/t16-,17-/m1/s1. The van der Waals surface area contributed by atoms with Gasteiger partial charge in [0.25, 0.3) is 0 Å². The van der Waals surface area contributed by atoms with Gasteiger partial charge in [-0.3, -0.25) is 14.5 Å². The van der Waals surface area contributed by atoms with Crippen molar-refractivity contribution < 1.29 is 14.0 Å². The summed E-state index contributed by atoms with van der Waals surface area (Å²) < 4.78 is 5.60. The molecule has 5 heteroatoms. The largest absolute Gasteiger partial charge is 0.444 e. The lowest BCUT2D eigenvalue weighted by molar-refractivity contribution is -0.140. The first-order chi connectivity index (χ1) is 12.0. The second-order valence-corrected chi connectivity index (χ2v) is 6.88. The smallest absolute Gasteiger partial charge is 0.233 e. The highest BCUT2D eigenvalue weighted by Gasteiger charge is 2.47. The van der Waals surface area contributed by atoms with E-state index in [2.05, 4.69) is 11.1 Å². The number of benzene rings is 1. The van der Waals surface area contributed by atoms with Crippen molar-refractivity contribution in [1.29, 1.82) is 0 Å². The zero-order valence-corrected chi connectivity index (χ0v) is 14.4. The van der Waals surface area contributed by atoms with Gasteiger partial charge in [-0.25, -0.2) is 4.98 Å². The molecule has 2 amide bonds. The Morgan fingerprint density at radius 3 is 2.44 bits per heavy atom. The molecular formula is C20H20N2O3. The van der Waals surface area contributed by atoms with Gasteiger partial charge in [0, 0.05) is 5.56 Å². The Balaban J connectivity index is 1.55. The van der Waals surface area contributed by atoms with Crippen molar-refractivity contribution in [2.45, 2.75) is 33.2 Å². The van der Waals surface area contributed by atoms with Crippen molar-refractivity contribution >= 4 is 11.8 Å². The summed E-state index contributed by atoms with van der Waals surface area (Å²) in [4.78, 5) is 30.9. The maximum atomic E-state index is 12.5. The molecule has 1 aromatic carbocycles. The molecule has 1 saturated heterocycles. The lowest BCUT2D eigenvalue weighted by Crippen LogP contribution is -2.30. The van der Waals surface area contributed by atoms with Crippen molar-refractivity contribution in [3.63, 3.8) is 0 Å². The summed E-state index contributed by atoms with van der Waals surface area (Å²) in [5.74, 6) is -0.0667. The van der Waals surface area contributed by atoms with Gasteiger partial charge in [0.05, 0.1) is 24.1 Å². The second kappa shape index (κ2) is 5.99. The van der Waals surface area contributed by atoms with Crippen LogP contribution in [0.5, 0.6) is 0 Å². The highest BCUT2D eigenvalue weighted by atomic mass is 16.3. The third kappa shape index (κ3) is 2.69. The summed E-state index contributed by atoms with van der Waals surface area (Å²) in [5, 5.41) is 0. The molecule has 128 valence electrons. The van der Waals surface area contributed by atoms with Crippen LogP contribution in [-0.2, 0) is 16.1 Å². The second-order valence-electron chi connectivity index (χ2n) is 6.88. The van der Waals surface area contributed by atoms with E-state index in [1.807, 2.05) is 38.1 Å². The van der Waals surface area contributed by atoms with E-state index in [1.54, 1.807) is 0 Å². The topological polar surface area (TPSA) is 63.4 Å². The molecular weight excluding hydrogens is 316 g/mol. The first kappa shape index (κ1) is 15.8. The zero-order chi connectivity index (χ0) is 17.6. The number of fused-ring (bicyclic) bond motifs is 1. The summed E-state index contributed by atoms with van der Waals surface area (Å²) in [6.07, 6.45) is 6.82. The van der Waals surface area contributed by atoms with Gasteiger partial charge in [-0.05, 0) is 38.3 Å². The fourth-order valence-corrected chi connectivity index (χ4v) is 3.74. The Bertz CT molecular complexity index is 855. The summed E-state index contributed by atoms with van der Waals surface area (Å²) in [5.41, 5.74) is 3.79. The number of hydrogen-bond acceptors (Lipinski definition) is 4. The molecule has 0 unspecified atom stereocenters. The number of likely N-dealkylation sites (tertiary alicyclic amines) is 1. The van der Waals surface area contributed by atoms with Crippen LogP contribution in [0.25, 0.3) is 11.5 Å². The van der Waals surface area contributed by atoms with Crippen LogP contribution in [0.1, 0.15) is 29.7 Å². The molecule has 2 heterocycles. The van der Waals surface area contributed by atoms with E-state index in [4.69, 9.17) is 4.42 Å². The van der Waals surface area contributed by atoms with Crippen molar-refractivity contribution in [1.82, 2.24) is 9.88 Å². The van der Waals surface area contributed by atoms with E-state index in [0.717, 1.165) is 11.1 Å². The first-order valence-electron chi connectivity index (χ1n) is 8.57. The molecule has 1 aliphatic heterocycles. The predicted octanol–water partition coefficient (Wildman–Crippen LogP) is 3.41. The van der Waals surface area contributed by atoms with Crippen LogP contribution in [0, 0.1) is 25.7 Å². The molecule has 2 atom stereocenters. The van der Waals surface area contributed by atoms with Gasteiger partial charge < -0.3 is 4.42 Å². The third-order valence-corrected chi connectivity index (χ3v) is 5.08. The predicted molar refractivity (Wildman–Crippen MR) is 92.3 cm³/mol. The van der Waals surface area contributed by atoms with E-state index in [9.17, 15) is 9.59 Å². The van der Waals surface area contributed by atoms with E-state index >= 15 is 0 Å². The number of amides is 2. The molecule has 0 bridgehead atoms. The highest BCUT2D eigenvalue weighted by Crippen LogP contribution is 2.36. The summed E-state index contributed by atoms with van der Waals surface area (Å²) in [6.45, 7) is 4.23. The van der Waals surface area contributed by atoms with Crippen LogP contribution in [0.2, 0.25) is 0 Å². The van der Waals surface area contributed by atoms with Gasteiger partial charge in [0.1, 0.15) is 6.26 Å². The van der Waals surface area contributed by atoms with Gasteiger partial charge in [-0.2, -0.15) is 0 Å². The minimum absolute atomic E-state index is 0.0876. The monoisotopic (exact) mass is 336 g/mol. The lowest BCUT2D eigenvalue weighted by Gasteiger charge is -2.14. The fraction of sp³-hybridized carbons (Fsp3) is 0.350. The van der Waals surface area contributed by atoms with Crippen molar-refractivity contribution in [2.24, 2.45) is 11.8 Å². The van der Waals surface area contributed by atoms with E-state index in [1.165, 1.54) is 16.7 Å². The zero-order valence-electron chi connectivity index (χ0n) is 14.4. The Morgan fingerprint density at radius 1 is 1.12 bits per heavy atom. The minimum Gasteiger partial charge on any atom is -0.444 e. The number of aromatic nitrogens is 1. The molecule has 0 N–H and O–H groups in total. The number of oxazole rings is 1. The molecule has 0 saturated carbocycles.